The minimum atomic E-state index is -4.56. The number of rotatable bonds is 3. The highest BCUT2D eigenvalue weighted by atomic mass is 35.5. The maximum Gasteiger partial charge on any atom is 0.419 e. The zero-order valence-corrected chi connectivity index (χ0v) is 21.0. The van der Waals surface area contributed by atoms with Crippen molar-refractivity contribution in [2.24, 2.45) is 22.2 Å². The van der Waals surface area contributed by atoms with E-state index in [0.717, 1.165) is 44.7 Å². The van der Waals surface area contributed by atoms with Gasteiger partial charge in [-0.3, -0.25) is 9.69 Å². The summed E-state index contributed by atoms with van der Waals surface area (Å²) in [6, 6.07) is 0.594. The normalized spacial score (nSPS) is 41.9. The molecule has 5 nitrogen and oxygen atoms in total. The first-order valence-electron chi connectivity index (χ1n) is 13.0. The van der Waals surface area contributed by atoms with Crippen LogP contribution in [-0.2, 0) is 4.79 Å². The summed E-state index contributed by atoms with van der Waals surface area (Å²) in [6.45, 7) is 6.27. The quantitative estimate of drug-likeness (QED) is 0.410. The molecule has 9 heteroatoms. The van der Waals surface area contributed by atoms with Crippen LogP contribution in [0.3, 0.4) is 0 Å². The van der Waals surface area contributed by atoms with Gasteiger partial charge in [-0.05, 0) is 80.8 Å². The van der Waals surface area contributed by atoms with Gasteiger partial charge in [-0.1, -0.05) is 18.5 Å². The summed E-state index contributed by atoms with van der Waals surface area (Å²) in [7, 11) is 0. The van der Waals surface area contributed by atoms with Gasteiger partial charge in [0.1, 0.15) is 11.3 Å². The van der Waals surface area contributed by atoms with Crippen molar-refractivity contribution in [1.29, 1.82) is 0 Å². The predicted molar refractivity (Wildman–Crippen MR) is 127 cm³/mol. The molecule has 0 bridgehead atoms. The number of carbonyl (C=O) groups is 1. The molecule has 7 rings (SSSR count). The third kappa shape index (κ3) is 3.30. The van der Waals surface area contributed by atoms with Crippen LogP contribution >= 0.6 is 11.6 Å². The minimum absolute atomic E-state index is 0.131. The highest BCUT2D eigenvalue weighted by molar-refractivity contribution is 6.27. The summed E-state index contributed by atoms with van der Waals surface area (Å²) in [6.07, 6.45) is 5.83. The lowest BCUT2D eigenvalue weighted by Gasteiger charge is -2.47. The number of carbonyl (C=O) groups excluding carboxylic acids is 1. The third-order valence-corrected chi connectivity index (χ3v) is 10.6. The van der Waals surface area contributed by atoms with Gasteiger partial charge in [0.25, 0.3) is 5.91 Å². The van der Waals surface area contributed by atoms with Gasteiger partial charge in [0.15, 0.2) is 5.54 Å². The summed E-state index contributed by atoms with van der Waals surface area (Å²) in [5, 5.41) is 0. The smallest absolute Gasteiger partial charge is 0.332 e. The molecule has 3 aliphatic heterocycles. The average molecular weight is 509 g/mol. The Morgan fingerprint density at radius 3 is 2.51 bits per heavy atom. The molecule has 1 amide bonds. The molecule has 0 aromatic rings. The number of aliphatic imine (C=N–C) groups is 1. The lowest BCUT2D eigenvalue weighted by atomic mass is 9.96. The molecule has 4 aliphatic carbocycles. The first kappa shape index (κ1) is 22.6. The van der Waals surface area contributed by atoms with Gasteiger partial charge in [0, 0.05) is 31.9 Å². The van der Waals surface area contributed by atoms with Gasteiger partial charge in [-0.25, -0.2) is 4.99 Å². The summed E-state index contributed by atoms with van der Waals surface area (Å²) in [5.74, 6) is 0.529. The van der Waals surface area contributed by atoms with E-state index in [-0.39, 0.29) is 23.2 Å². The second kappa shape index (κ2) is 6.85. The standard InChI is InChI=1S/C26H32ClF3N4O/c1-23-11-17(23)10-18(12-23)32-7-8-34(25(14-32)5-6-25)22(35)24(2)21(27)33-13-16(15-3-4-15)9-19(20(33)31-24)26(28,29)30/h9,13,15,17-18,21H,3-8,10-12,14H2,1-2H3. The fourth-order valence-corrected chi connectivity index (χ4v) is 7.59. The van der Waals surface area contributed by atoms with E-state index in [0.29, 0.717) is 23.6 Å². The SMILES string of the molecule is CC12CC(N3CCN(C(=O)C4(C)N=C5C(C(F)(F)F)=CC(C6CC6)=CN5C4Cl)C4(CC4)C3)CC1C2. The molecule has 4 saturated carbocycles. The number of fused-ring (bicyclic) bond motifs is 2. The lowest BCUT2D eigenvalue weighted by molar-refractivity contribution is -0.143. The molecular weight excluding hydrogens is 477 g/mol. The van der Waals surface area contributed by atoms with Crippen LogP contribution in [0.5, 0.6) is 0 Å². The fraction of sp³-hybridized carbons (Fsp3) is 0.769. The van der Waals surface area contributed by atoms with Crippen LogP contribution in [0.15, 0.2) is 28.4 Å². The van der Waals surface area contributed by atoms with Gasteiger partial charge in [-0.15, -0.1) is 0 Å². The minimum Gasteiger partial charge on any atom is -0.332 e. The zero-order valence-electron chi connectivity index (χ0n) is 20.2. The Hall–Kier alpha value is -1.54. The van der Waals surface area contributed by atoms with E-state index in [1.165, 1.54) is 30.2 Å². The summed E-state index contributed by atoms with van der Waals surface area (Å²) in [4.78, 5) is 24.4. The number of amidine groups is 1. The highest BCUT2D eigenvalue weighted by Gasteiger charge is 2.63. The number of halogens is 4. The van der Waals surface area contributed by atoms with Crippen LogP contribution in [0.1, 0.15) is 58.8 Å². The molecule has 3 heterocycles. The molecule has 5 atom stereocenters. The van der Waals surface area contributed by atoms with Gasteiger partial charge >= 0.3 is 6.18 Å². The Kier molecular flexibility index (Phi) is 4.43. The number of hydrogen-bond acceptors (Lipinski definition) is 4. The summed E-state index contributed by atoms with van der Waals surface area (Å²) >= 11 is 6.81. The van der Waals surface area contributed by atoms with Crippen LogP contribution in [0.25, 0.3) is 0 Å². The zero-order chi connectivity index (χ0) is 24.5. The van der Waals surface area contributed by atoms with E-state index in [9.17, 15) is 18.0 Å². The Labute approximate surface area is 209 Å². The Morgan fingerprint density at radius 2 is 1.91 bits per heavy atom. The number of amides is 1. The van der Waals surface area contributed by atoms with E-state index in [1.54, 1.807) is 13.1 Å². The van der Waals surface area contributed by atoms with Crippen molar-refractivity contribution in [1.82, 2.24) is 14.7 Å². The van der Waals surface area contributed by atoms with Gasteiger partial charge < -0.3 is 9.80 Å². The van der Waals surface area contributed by atoms with Crippen molar-refractivity contribution >= 4 is 23.3 Å². The number of piperazine rings is 1. The van der Waals surface area contributed by atoms with Crippen LogP contribution < -0.4 is 0 Å². The van der Waals surface area contributed by atoms with Crippen molar-refractivity contribution in [3.63, 3.8) is 0 Å². The van der Waals surface area contributed by atoms with E-state index >= 15 is 0 Å². The predicted octanol–water partition coefficient (Wildman–Crippen LogP) is 4.69. The largest absolute Gasteiger partial charge is 0.419 e. The first-order chi connectivity index (χ1) is 16.4. The molecule has 7 aliphatic rings. The van der Waals surface area contributed by atoms with Gasteiger partial charge in [-0.2, -0.15) is 13.2 Å². The Bertz CT molecular complexity index is 1090. The average Bonchev–Trinajstić information content (AvgIpc) is 3.74. The van der Waals surface area contributed by atoms with E-state index in [1.807, 2.05) is 4.90 Å². The monoisotopic (exact) mass is 508 g/mol. The van der Waals surface area contributed by atoms with E-state index in [2.05, 4.69) is 16.8 Å². The second-order valence-corrected chi connectivity index (χ2v) is 13.0. The first-order valence-corrected chi connectivity index (χ1v) is 13.5. The van der Waals surface area contributed by atoms with Gasteiger partial charge in [0.05, 0.1) is 11.1 Å². The molecule has 35 heavy (non-hydrogen) atoms. The van der Waals surface area contributed by atoms with Crippen molar-refractivity contribution in [3.8, 4) is 0 Å². The molecular formula is C26H32ClF3N4O. The summed E-state index contributed by atoms with van der Waals surface area (Å²) < 4.78 is 42.0. The number of nitrogens with zero attached hydrogens (tertiary/aromatic N) is 4. The third-order valence-electron chi connectivity index (χ3n) is 9.98. The topological polar surface area (TPSA) is 39.1 Å². The van der Waals surface area contributed by atoms with Crippen LogP contribution in [0.4, 0.5) is 13.2 Å². The van der Waals surface area contributed by atoms with E-state index in [4.69, 9.17) is 11.6 Å². The molecule has 0 aromatic heterocycles. The molecule has 0 aromatic carbocycles. The fourth-order valence-electron chi connectivity index (χ4n) is 7.29. The number of alkyl halides is 4. The highest BCUT2D eigenvalue weighted by Crippen LogP contribution is 2.64. The molecule has 0 radical (unpaired) electrons. The lowest BCUT2D eigenvalue weighted by Crippen LogP contribution is -2.63. The van der Waals surface area contributed by atoms with Crippen molar-refractivity contribution in [2.75, 3.05) is 19.6 Å². The molecule has 1 spiro atoms. The van der Waals surface area contributed by atoms with Gasteiger partial charge in [0.2, 0.25) is 0 Å². The van der Waals surface area contributed by atoms with E-state index < -0.39 is 22.8 Å². The maximum atomic E-state index is 14.0. The second-order valence-electron chi connectivity index (χ2n) is 12.6. The Morgan fingerprint density at radius 1 is 1.17 bits per heavy atom. The molecule has 1 saturated heterocycles. The Balaban J connectivity index is 1.15. The molecule has 5 unspecified atom stereocenters. The summed E-state index contributed by atoms with van der Waals surface area (Å²) in [5.41, 5.74) is -2.30. The van der Waals surface area contributed by atoms with Crippen LogP contribution in [0, 0.1) is 17.3 Å². The van der Waals surface area contributed by atoms with Crippen molar-refractivity contribution < 1.29 is 18.0 Å². The van der Waals surface area contributed by atoms with Crippen LogP contribution in [-0.4, -0.2) is 74.9 Å². The molecule has 5 fully saturated rings. The van der Waals surface area contributed by atoms with Crippen molar-refractivity contribution in [2.45, 2.75) is 87.6 Å². The number of hydrogen-bond donors (Lipinski definition) is 0. The van der Waals surface area contributed by atoms with Crippen LogP contribution in [0.2, 0.25) is 0 Å². The van der Waals surface area contributed by atoms with Crippen molar-refractivity contribution in [3.05, 3.63) is 23.4 Å². The number of allylic oxidation sites excluding steroid dienone is 2. The maximum absolute atomic E-state index is 14.0. The molecule has 0 N–H and O–H groups in total. The molecule has 190 valence electrons.